The lowest BCUT2D eigenvalue weighted by atomic mass is 10.0. The second kappa shape index (κ2) is 12.1. The third kappa shape index (κ3) is 8.01. The van der Waals surface area contributed by atoms with Gasteiger partial charge < -0.3 is 15.8 Å². The van der Waals surface area contributed by atoms with Crippen LogP contribution in [0.3, 0.4) is 0 Å². The summed E-state index contributed by atoms with van der Waals surface area (Å²) >= 11 is 1.30. The van der Waals surface area contributed by atoms with E-state index in [1.807, 2.05) is 0 Å². The summed E-state index contributed by atoms with van der Waals surface area (Å²) in [4.78, 5) is 17.4. The first-order chi connectivity index (χ1) is 11.9. The molecule has 5 nitrogen and oxygen atoms in total. The van der Waals surface area contributed by atoms with Crippen molar-refractivity contribution in [2.75, 3.05) is 6.54 Å². The fourth-order valence-corrected chi connectivity index (χ4v) is 3.32. The Bertz CT molecular complexity index is 711. The number of halogens is 3. The molecule has 0 fully saturated rings. The van der Waals surface area contributed by atoms with Crippen molar-refractivity contribution < 1.29 is 13.9 Å². The molecule has 2 rings (SSSR count). The number of thiazole rings is 1. The Balaban J connectivity index is 0.00000338. The number of nitrogens with one attached hydrogen (secondary N) is 1. The molecule has 1 heterocycles. The zero-order valence-electron chi connectivity index (χ0n) is 15.5. The highest BCUT2D eigenvalue weighted by Gasteiger charge is 2.19. The van der Waals surface area contributed by atoms with Crippen LogP contribution < -0.4 is 15.8 Å². The van der Waals surface area contributed by atoms with E-state index in [9.17, 15) is 9.18 Å². The zero-order chi connectivity index (χ0) is 18.4. The highest BCUT2D eigenvalue weighted by molar-refractivity contribution is 7.13. The summed E-state index contributed by atoms with van der Waals surface area (Å²) in [5.41, 5.74) is 6.41. The lowest BCUT2D eigenvalue weighted by molar-refractivity contribution is 0.0937. The Kier molecular flexibility index (Phi) is 11.5. The molecule has 0 aliphatic rings. The van der Waals surface area contributed by atoms with Crippen LogP contribution in [0.2, 0.25) is 0 Å². The number of nitrogens with zero attached hydrogens (tertiary/aromatic N) is 1. The van der Waals surface area contributed by atoms with E-state index < -0.39 is 0 Å². The van der Waals surface area contributed by atoms with E-state index in [0.717, 1.165) is 6.42 Å². The minimum Gasteiger partial charge on any atom is -0.486 e. The summed E-state index contributed by atoms with van der Waals surface area (Å²) in [5.74, 6) is 0.544. The molecule has 0 saturated carbocycles. The molecule has 0 aliphatic carbocycles. The maximum absolute atomic E-state index is 12.9. The van der Waals surface area contributed by atoms with Crippen LogP contribution in [0.5, 0.6) is 5.75 Å². The van der Waals surface area contributed by atoms with Crippen LogP contribution in [0, 0.1) is 18.7 Å². The second-order valence-corrected chi connectivity index (χ2v) is 7.38. The van der Waals surface area contributed by atoms with Crippen molar-refractivity contribution in [2.45, 2.75) is 39.8 Å². The van der Waals surface area contributed by atoms with E-state index in [1.54, 1.807) is 19.1 Å². The van der Waals surface area contributed by atoms with E-state index in [2.05, 4.69) is 24.1 Å². The van der Waals surface area contributed by atoms with Crippen LogP contribution in [-0.4, -0.2) is 23.5 Å². The summed E-state index contributed by atoms with van der Waals surface area (Å²) in [5, 5.41) is 3.67. The molecule has 1 amide bonds. The van der Waals surface area contributed by atoms with Crippen LogP contribution in [-0.2, 0) is 6.61 Å². The van der Waals surface area contributed by atoms with Gasteiger partial charge in [-0.2, -0.15) is 0 Å². The number of hydrogen-bond donors (Lipinski definition) is 2. The maximum atomic E-state index is 12.9. The van der Waals surface area contributed by atoms with Crippen LogP contribution in [0.4, 0.5) is 4.39 Å². The molecular formula is C18H26Cl2FN3O2S. The molecular weight excluding hydrogens is 412 g/mol. The Hall–Kier alpha value is -1.41. The number of carbonyl (C=O) groups excluding carboxylic acids is 1. The Labute approximate surface area is 175 Å². The number of nitrogens with two attached hydrogens (primary N) is 1. The first kappa shape index (κ1) is 25.6. The molecule has 2 aromatic rings. The number of carbonyl (C=O) groups is 1. The van der Waals surface area contributed by atoms with Gasteiger partial charge in [0.2, 0.25) is 0 Å². The third-order valence-corrected chi connectivity index (χ3v) is 4.73. The summed E-state index contributed by atoms with van der Waals surface area (Å²) in [6.45, 7) is 6.63. The van der Waals surface area contributed by atoms with Crippen molar-refractivity contribution in [1.82, 2.24) is 10.3 Å². The van der Waals surface area contributed by atoms with E-state index in [0.29, 0.717) is 33.8 Å². The molecule has 3 N–H and O–H groups in total. The van der Waals surface area contributed by atoms with Gasteiger partial charge in [-0.25, -0.2) is 9.37 Å². The number of hydrogen-bond acceptors (Lipinski definition) is 5. The zero-order valence-corrected chi connectivity index (χ0v) is 18.0. The lowest BCUT2D eigenvalue weighted by Gasteiger charge is -2.18. The first-order valence-electron chi connectivity index (χ1n) is 8.24. The van der Waals surface area contributed by atoms with Crippen molar-refractivity contribution in [2.24, 2.45) is 11.7 Å². The van der Waals surface area contributed by atoms with Gasteiger partial charge in [0.05, 0.1) is 5.69 Å². The van der Waals surface area contributed by atoms with Crippen molar-refractivity contribution >= 4 is 42.1 Å². The molecule has 0 aliphatic heterocycles. The van der Waals surface area contributed by atoms with Gasteiger partial charge >= 0.3 is 0 Å². The highest BCUT2D eigenvalue weighted by Crippen LogP contribution is 2.21. The van der Waals surface area contributed by atoms with Gasteiger partial charge in [-0.05, 0) is 43.5 Å². The average Bonchev–Trinajstić information content (AvgIpc) is 2.94. The highest BCUT2D eigenvalue weighted by atomic mass is 35.5. The molecule has 152 valence electrons. The average molecular weight is 438 g/mol. The summed E-state index contributed by atoms with van der Waals surface area (Å²) < 4.78 is 18.5. The molecule has 0 spiro atoms. The largest absolute Gasteiger partial charge is 0.486 e. The molecule has 1 aromatic carbocycles. The topological polar surface area (TPSA) is 77.2 Å². The van der Waals surface area contributed by atoms with Crippen LogP contribution >= 0.6 is 36.2 Å². The predicted octanol–water partition coefficient (Wildman–Crippen LogP) is 4.12. The number of rotatable bonds is 8. The summed E-state index contributed by atoms with van der Waals surface area (Å²) in [7, 11) is 0. The summed E-state index contributed by atoms with van der Waals surface area (Å²) in [6.07, 6.45) is 0.834. The minimum absolute atomic E-state index is 0. The van der Waals surface area contributed by atoms with Gasteiger partial charge in [-0.1, -0.05) is 13.8 Å². The van der Waals surface area contributed by atoms with E-state index in [-0.39, 0.29) is 49.2 Å². The molecule has 9 heteroatoms. The standard InChI is InChI=1S/C18H24FN3O2S.2ClH/c1-11(2)8-14(9-20)22-18(23)17-12(3)21-16(25-17)10-24-15-6-4-13(19)5-7-15;;/h4-7,11,14H,8-10,20H2,1-3H3,(H,22,23);2*1H. The number of amides is 1. The normalized spacial score (nSPS) is 11.3. The van der Waals surface area contributed by atoms with Gasteiger partial charge in [0, 0.05) is 12.6 Å². The van der Waals surface area contributed by atoms with Gasteiger partial charge in [-0.15, -0.1) is 36.2 Å². The molecule has 0 radical (unpaired) electrons. The lowest BCUT2D eigenvalue weighted by Crippen LogP contribution is -2.41. The molecule has 27 heavy (non-hydrogen) atoms. The van der Waals surface area contributed by atoms with Gasteiger partial charge in [0.25, 0.3) is 5.91 Å². The Morgan fingerprint density at radius 1 is 1.30 bits per heavy atom. The SMILES string of the molecule is Cc1nc(COc2ccc(F)cc2)sc1C(=O)NC(CN)CC(C)C.Cl.Cl. The molecule has 0 saturated heterocycles. The van der Waals surface area contributed by atoms with Gasteiger partial charge in [0.15, 0.2) is 0 Å². The maximum Gasteiger partial charge on any atom is 0.263 e. The number of aromatic nitrogens is 1. The number of ether oxygens (including phenoxy) is 1. The summed E-state index contributed by atoms with van der Waals surface area (Å²) in [6, 6.07) is 5.74. The van der Waals surface area contributed by atoms with Crippen molar-refractivity contribution in [3.05, 3.63) is 45.7 Å². The van der Waals surface area contributed by atoms with Crippen LogP contribution in [0.25, 0.3) is 0 Å². The quantitative estimate of drug-likeness (QED) is 0.650. The Morgan fingerprint density at radius 2 is 1.93 bits per heavy atom. The number of benzene rings is 1. The van der Waals surface area contributed by atoms with Gasteiger partial charge in [-0.3, -0.25) is 4.79 Å². The smallest absolute Gasteiger partial charge is 0.263 e. The van der Waals surface area contributed by atoms with Crippen molar-refractivity contribution in [3.8, 4) is 5.75 Å². The molecule has 1 aromatic heterocycles. The van der Waals surface area contributed by atoms with Crippen molar-refractivity contribution in [3.63, 3.8) is 0 Å². The van der Waals surface area contributed by atoms with Crippen LogP contribution in [0.15, 0.2) is 24.3 Å². The van der Waals surface area contributed by atoms with E-state index in [1.165, 1.54) is 23.5 Å². The van der Waals surface area contributed by atoms with E-state index >= 15 is 0 Å². The predicted molar refractivity (Wildman–Crippen MR) is 112 cm³/mol. The number of aryl methyl sites for hydroxylation is 1. The van der Waals surface area contributed by atoms with E-state index in [4.69, 9.17) is 10.5 Å². The van der Waals surface area contributed by atoms with Crippen LogP contribution in [0.1, 0.15) is 40.6 Å². The van der Waals surface area contributed by atoms with Gasteiger partial charge in [0.1, 0.15) is 28.1 Å². The third-order valence-electron chi connectivity index (χ3n) is 3.60. The monoisotopic (exact) mass is 437 g/mol. The first-order valence-corrected chi connectivity index (χ1v) is 9.06. The molecule has 1 atom stereocenters. The molecule has 0 bridgehead atoms. The molecule has 1 unspecified atom stereocenters. The second-order valence-electron chi connectivity index (χ2n) is 6.30. The fraction of sp³-hybridized carbons (Fsp3) is 0.444. The fourth-order valence-electron chi connectivity index (χ4n) is 2.43. The Morgan fingerprint density at radius 3 is 2.48 bits per heavy atom. The minimum atomic E-state index is -0.313. The van der Waals surface area contributed by atoms with Crippen molar-refractivity contribution in [1.29, 1.82) is 0 Å².